The summed E-state index contributed by atoms with van der Waals surface area (Å²) in [5.74, 6) is 0. The first-order chi connectivity index (χ1) is 7.67. The molecule has 0 radical (unpaired) electrons. The molecule has 0 aromatic heterocycles. The second-order valence-corrected chi connectivity index (χ2v) is 4.02. The van der Waals surface area contributed by atoms with E-state index < -0.39 is 0 Å². The number of rotatable bonds is 5. The molecule has 1 aliphatic rings. The third kappa shape index (κ3) is 3.09. The van der Waals surface area contributed by atoms with E-state index >= 15 is 0 Å². The van der Waals surface area contributed by atoms with Crippen LogP contribution in [0.5, 0.6) is 0 Å². The van der Waals surface area contributed by atoms with Gasteiger partial charge < -0.3 is 19.7 Å². The molecular weight excluding hydrogens is 208 g/mol. The number of methoxy groups -OCH3 is 1. The lowest BCUT2D eigenvalue weighted by Crippen LogP contribution is -2.49. The van der Waals surface area contributed by atoms with Crippen molar-refractivity contribution in [3.63, 3.8) is 0 Å². The summed E-state index contributed by atoms with van der Waals surface area (Å²) < 4.78 is 10.7. The van der Waals surface area contributed by atoms with Gasteiger partial charge in [-0.1, -0.05) is 0 Å². The molecule has 1 unspecified atom stereocenters. The third-order valence-corrected chi connectivity index (χ3v) is 3.11. The highest BCUT2D eigenvalue weighted by atomic mass is 16.5. The van der Waals surface area contributed by atoms with Crippen LogP contribution < -0.4 is 5.32 Å². The normalized spacial score (nSPS) is 24.4. The van der Waals surface area contributed by atoms with Crippen LogP contribution in [0.4, 0.5) is 4.79 Å². The minimum absolute atomic E-state index is 0.0340. The summed E-state index contributed by atoms with van der Waals surface area (Å²) in [6.45, 7) is 7.15. The largest absolute Gasteiger partial charge is 0.378 e. The number of ether oxygens (including phenoxy) is 2. The van der Waals surface area contributed by atoms with Gasteiger partial charge in [0.2, 0.25) is 0 Å². The van der Waals surface area contributed by atoms with Crippen molar-refractivity contribution in [3.05, 3.63) is 0 Å². The van der Waals surface area contributed by atoms with E-state index in [0.717, 1.165) is 19.5 Å². The minimum atomic E-state index is -0.331. The maximum absolute atomic E-state index is 11.7. The van der Waals surface area contributed by atoms with Crippen LogP contribution in [0.1, 0.15) is 20.3 Å². The van der Waals surface area contributed by atoms with E-state index in [0.29, 0.717) is 19.8 Å². The van der Waals surface area contributed by atoms with E-state index in [-0.39, 0.29) is 11.6 Å². The number of nitrogens with one attached hydrogen (secondary N) is 1. The Morgan fingerprint density at radius 3 is 2.62 bits per heavy atom. The molecule has 1 atom stereocenters. The number of urea groups is 1. The number of hydrogen-bond donors (Lipinski definition) is 1. The van der Waals surface area contributed by atoms with Crippen LogP contribution in [0.15, 0.2) is 0 Å². The van der Waals surface area contributed by atoms with Gasteiger partial charge in [-0.15, -0.1) is 0 Å². The van der Waals surface area contributed by atoms with Crippen LogP contribution in [-0.2, 0) is 9.47 Å². The first kappa shape index (κ1) is 13.3. The van der Waals surface area contributed by atoms with Crippen molar-refractivity contribution in [2.24, 2.45) is 0 Å². The van der Waals surface area contributed by atoms with Crippen LogP contribution in [0.2, 0.25) is 0 Å². The molecule has 1 rings (SSSR count). The van der Waals surface area contributed by atoms with Gasteiger partial charge in [0, 0.05) is 33.2 Å². The smallest absolute Gasteiger partial charge is 0.317 e. The molecule has 0 aromatic rings. The van der Waals surface area contributed by atoms with Gasteiger partial charge in [0.25, 0.3) is 0 Å². The van der Waals surface area contributed by atoms with Gasteiger partial charge in [-0.3, -0.25) is 0 Å². The Labute approximate surface area is 97.1 Å². The van der Waals surface area contributed by atoms with Crippen LogP contribution in [0.3, 0.4) is 0 Å². The predicted octanol–water partition coefficient (Wildman–Crippen LogP) is 0.843. The molecule has 5 heteroatoms. The summed E-state index contributed by atoms with van der Waals surface area (Å²) in [6.07, 6.45) is 0.835. The molecule has 1 aliphatic heterocycles. The fourth-order valence-corrected chi connectivity index (χ4v) is 1.82. The predicted molar refractivity (Wildman–Crippen MR) is 61.5 cm³/mol. The van der Waals surface area contributed by atoms with Crippen LogP contribution in [0.25, 0.3) is 0 Å². The zero-order chi connectivity index (χ0) is 12.0. The van der Waals surface area contributed by atoms with Gasteiger partial charge in [0.1, 0.15) is 5.60 Å². The highest BCUT2D eigenvalue weighted by Crippen LogP contribution is 2.21. The van der Waals surface area contributed by atoms with Crippen LogP contribution in [-0.4, -0.2) is 56.5 Å². The van der Waals surface area contributed by atoms with Crippen LogP contribution in [0, 0.1) is 0 Å². The van der Waals surface area contributed by atoms with E-state index in [9.17, 15) is 4.79 Å². The Kier molecular flexibility index (Phi) is 5.02. The van der Waals surface area contributed by atoms with E-state index in [1.807, 2.05) is 13.8 Å². The highest BCUT2D eigenvalue weighted by Gasteiger charge is 2.35. The number of amides is 2. The SMILES string of the molecule is CCN(CC)C(=O)NCC1(OC)CCOC1. The summed E-state index contributed by atoms with van der Waals surface area (Å²) in [6, 6.07) is -0.0340. The van der Waals surface area contributed by atoms with E-state index in [2.05, 4.69) is 5.32 Å². The number of hydrogen-bond acceptors (Lipinski definition) is 3. The second kappa shape index (κ2) is 6.06. The monoisotopic (exact) mass is 230 g/mol. The third-order valence-electron chi connectivity index (χ3n) is 3.11. The summed E-state index contributed by atoms with van der Waals surface area (Å²) >= 11 is 0. The fourth-order valence-electron chi connectivity index (χ4n) is 1.82. The zero-order valence-corrected chi connectivity index (χ0v) is 10.4. The second-order valence-electron chi connectivity index (χ2n) is 4.02. The summed E-state index contributed by atoms with van der Waals surface area (Å²) in [5, 5.41) is 2.90. The van der Waals surface area contributed by atoms with E-state index in [4.69, 9.17) is 9.47 Å². The molecule has 0 spiro atoms. The molecule has 1 heterocycles. The van der Waals surface area contributed by atoms with Gasteiger partial charge in [0.15, 0.2) is 0 Å². The van der Waals surface area contributed by atoms with Gasteiger partial charge in [-0.25, -0.2) is 4.79 Å². The summed E-state index contributed by atoms with van der Waals surface area (Å²) in [7, 11) is 1.66. The first-order valence-corrected chi connectivity index (χ1v) is 5.83. The van der Waals surface area contributed by atoms with Crippen molar-refractivity contribution in [2.45, 2.75) is 25.9 Å². The number of carbonyl (C=O) groups excluding carboxylic acids is 1. The molecule has 0 aromatic carbocycles. The van der Waals surface area contributed by atoms with Crippen LogP contribution >= 0.6 is 0 Å². The van der Waals surface area contributed by atoms with E-state index in [1.54, 1.807) is 12.0 Å². The lowest BCUT2D eigenvalue weighted by Gasteiger charge is -2.28. The quantitative estimate of drug-likeness (QED) is 0.761. The first-order valence-electron chi connectivity index (χ1n) is 5.83. The maximum atomic E-state index is 11.7. The number of nitrogens with zero attached hydrogens (tertiary/aromatic N) is 1. The molecule has 2 amide bonds. The molecular formula is C11H22N2O3. The topological polar surface area (TPSA) is 50.8 Å². The molecule has 94 valence electrons. The Morgan fingerprint density at radius 2 is 2.19 bits per heavy atom. The van der Waals surface area contributed by atoms with Gasteiger partial charge in [-0.2, -0.15) is 0 Å². The standard InChI is InChI=1S/C11H22N2O3/c1-4-13(5-2)10(14)12-8-11(15-3)6-7-16-9-11/h4-9H2,1-3H3,(H,12,14). The fraction of sp³-hybridized carbons (Fsp3) is 0.909. The van der Waals surface area contributed by atoms with Gasteiger partial charge in [-0.05, 0) is 13.8 Å². The Balaban J connectivity index is 2.40. The van der Waals surface area contributed by atoms with Crippen molar-refractivity contribution in [2.75, 3.05) is 40.0 Å². The Hall–Kier alpha value is -0.810. The van der Waals surface area contributed by atoms with E-state index in [1.165, 1.54) is 0 Å². The Bertz CT molecular complexity index is 223. The van der Waals surface area contributed by atoms with Crippen molar-refractivity contribution in [1.29, 1.82) is 0 Å². The van der Waals surface area contributed by atoms with Crippen molar-refractivity contribution in [1.82, 2.24) is 10.2 Å². The van der Waals surface area contributed by atoms with Gasteiger partial charge in [0.05, 0.1) is 13.2 Å². The lowest BCUT2D eigenvalue weighted by atomic mass is 10.0. The molecule has 1 N–H and O–H groups in total. The van der Waals surface area contributed by atoms with Crippen molar-refractivity contribution >= 4 is 6.03 Å². The van der Waals surface area contributed by atoms with Crippen molar-refractivity contribution < 1.29 is 14.3 Å². The molecule has 1 saturated heterocycles. The molecule has 0 bridgehead atoms. The molecule has 0 saturated carbocycles. The minimum Gasteiger partial charge on any atom is -0.378 e. The molecule has 16 heavy (non-hydrogen) atoms. The van der Waals surface area contributed by atoms with Crippen molar-refractivity contribution in [3.8, 4) is 0 Å². The molecule has 5 nitrogen and oxygen atoms in total. The average Bonchev–Trinajstić information content (AvgIpc) is 2.77. The Morgan fingerprint density at radius 1 is 1.50 bits per heavy atom. The highest BCUT2D eigenvalue weighted by molar-refractivity contribution is 5.74. The maximum Gasteiger partial charge on any atom is 0.317 e. The number of carbonyl (C=O) groups is 1. The average molecular weight is 230 g/mol. The molecule has 1 fully saturated rings. The van der Waals surface area contributed by atoms with Gasteiger partial charge >= 0.3 is 6.03 Å². The summed E-state index contributed by atoms with van der Waals surface area (Å²) in [5.41, 5.74) is -0.331. The summed E-state index contributed by atoms with van der Waals surface area (Å²) in [4.78, 5) is 13.5. The molecule has 0 aliphatic carbocycles. The lowest BCUT2D eigenvalue weighted by molar-refractivity contribution is -0.0144. The zero-order valence-electron chi connectivity index (χ0n) is 10.4.